The Kier molecular flexibility index (Phi) is 5.45. The van der Waals surface area contributed by atoms with Crippen LogP contribution in [0.3, 0.4) is 0 Å². The minimum absolute atomic E-state index is 0.0865. The van der Waals surface area contributed by atoms with Crippen molar-refractivity contribution in [1.29, 1.82) is 5.26 Å². The van der Waals surface area contributed by atoms with E-state index in [9.17, 15) is 9.18 Å². The highest BCUT2D eigenvalue weighted by Crippen LogP contribution is 2.22. The van der Waals surface area contributed by atoms with Crippen LogP contribution >= 0.6 is 15.9 Å². The standard InChI is InChI=1S/C17H15BrFN3O/c1-10(2)16(15-6-5-13(18)9-21-15)22-17(23)11-3-4-12(8-20)14(19)7-11/h3-7,9-10,16H,1-2H3,(H,22,23)/t16-/m1/s1. The van der Waals surface area contributed by atoms with Crippen LogP contribution in [0.4, 0.5) is 4.39 Å². The molecule has 1 aromatic carbocycles. The van der Waals surface area contributed by atoms with Gasteiger partial charge in [-0.3, -0.25) is 9.78 Å². The number of amides is 1. The van der Waals surface area contributed by atoms with E-state index in [-0.39, 0.29) is 23.1 Å². The molecule has 1 amide bonds. The van der Waals surface area contributed by atoms with Crippen LogP contribution in [-0.2, 0) is 0 Å². The summed E-state index contributed by atoms with van der Waals surface area (Å²) in [6, 6.07) is 8.92. The number of pyridine rings is 1. The molecule has 0 fully saturated rings. The maximum Gasteiger partial charge on any atom is 0.251 e. The maximum atomic E-state index is 13.7. The highest BCUT2D eigenvalue weighted by atomic mass is 79.9. The van der Waals surface area contributed by atoms with Crippen LogP contribution in [0.5, 0.6) is 0 Å². The number of nitrogens with zero attached hydrogens (tertiary/aromatic N) is 2. The summed E-state index contributed by atoms with van der Waals surface area (Å²) in [5.74, 6) is -1.00. The van der Waals surface area contributed by atoms with Crippen LogP contribution in [-0.4, -0.2) is 10.9 Å². The Labute approximate surface area is 142 Å². The molecule has 0 saturated carbocycles. The van der Waals surface area contributed by atoms with Gasteiger partial charge in [-0.15, -0.1) is 0 Å². The second-order valence-corrected chi connectivity index (χ2v) is 6.32. The lowest BCUT2D eigenvalue weighted by molar-refractivity contribution is 0.0924. The van der Waals surface area contributed by atoms with Crippen molar-refractivity contribution in [1.82, 2.24) is 10.3 Å². The van der Waals surface area contributed by atoms with Gasteiger partial charge in [0, 0.05) is 16.2 Å². The first-order valence-corrected chi connectivity index (χ1v) is 7.83. The van der Waals surface area contributed by atoms with E-state index in [1.54, 1.807) is 12.3 Å². The number of aromatic nitrogens is 1. The van der Waals surface area contributed by atoms with Crippen LogP contribution in [0.15, 0.2) is 41.0 Å². The van der Waals surface area contributed by atoms with Gasteiger partial charge in [-0.25, -0.2) is 4.39 Å². The summed E-state index contributed by atoms with van der Waals surface area (Å²) >= 11 is 3.32. The molecule has 4 nitrogen and oxygen atoms in total. The van der Waals surface area contributed by atoms with Gasteiger partial charge in [0.25, 0.3) is 5.91 Å². The highest BCUT2D eigenvalue weighted by Gasteiger charge is 2.21. The maximum absolute atomic E-state index is 13.7. The molecular formula is C17H15BrFN3O. The molecule has 6 heteroatoms. The van der Waals surface area contributed by atoms with E-state index in [0.29, 0.717) is 0 Å². The number of nitriles is 1. The van der Waals surface area contributed by atoms with E-state index in [2.05, 4.69) is 26.2 Å². The second-order valence-electron chi connectivity index (χ2n) is 5.40. The van der Waals surface area contributed by atoms with Crippen molar-refractivity contribution in [3.63, 3.8) is 0 Å². The molecule has 23 heavy (non-hydrogen) atoms. The zero-order valence-electron chi connectivity index (χ0n) is 12.7. The predicted molar refractivity (Wildman–Crippen MR) is 88.1 cm³/mol. The van der Waals surface area contributed by atoms with Gasteiger partial charge in [-0.05, 0) is 52.2 Å². The zero-order valence-corrected chi connectivity index (χ0v) is 14.3. The van der Waals surface area contributed by atoms with Gasteiger partial charge < -0.3 is 5.32 Å². The molecule has 1 aromatic heterocycles. The fourth-order valence-corrected chi connectivity index (χ4v) is 2.36. The molecule has 0 bridgehead atoms. The Morgan fingerprint density at radius 3 is 2.61 bits per heavy atom. The number of hydrogen-bond donors (Lipinski definition) is 1. The Hall–Kier alpha value is -2.26. The number of carbonyl (C=O) groups excluding carboxylic acids is 1. The Morgan fingerprint density at radius 1 is 1.35 bits per heavy atom. The number of nitrogens with one attached hydrogen (secondary N) is 1. The summed E-state index contributed by atoms with van der Waals surface area (Å²) in [5.41, 5.74) is 0.812. The van der Waals surface area contributed by atoms with E-state index in [4.69, 9.17) is 5.26 Å². The second kappa shape index (κ2) is 7.34. The molecule has 1 heterocycles. The summed E-state index contributed by atoms with van der Waals surface area (Å²) in [4.78, 5) is 16.7. The lowest BCUT2D eigenvalue weighted by atomic mass is 9.99. The van der Waals surface area contributed by atoms with Crippen LogP contribution in [0.25, 0.3) is 0 Å². The third-order valence-corrected chi connectivity index (χ3v) is 3.84. The third kappa shape index (κ3) is 4.14. The summed E-state index contributed by atoms with van der Waals surface area (Å²) in [6.07, 6.45) is 1.66. The third-order valence-electron chi connectivity index (χ3n) is 3.37. The Bertz CT molecular complexity index is 753. The van der Waals surface area contributed by atoms with Gasteiger partial charge in [-0.2, -0.15) is 5.26 Å². The molecule has 0 radical (unpaired) electrons. The molecule has 2 rings (SSSR count). The SMILES string of the molecule is CC(C)[C@@H](NC(=O)c1ccc(C#N)c(F)c1)c1ccc(Br)cn1. The smallest absolute Gasteiger partial charge is 0.251 e. The molecule has 0 aliphatic heterocycles. The molecule has 0 spiro atoms. The number of carbonyl (C=O) groups is 1. The van der Waals surface area contributed by atoms with E-state index in [1.807, 2.05) is 26.0 Å². The number of rotatable bonds is 4. The van der Waals surface area contributed by atoms with Crippen molar-refractivity contribution in [2.75, 3.05) is 0 Å². The molecule has 2 aromatic rings. The summed E-state index contributed by atoms with van der Waals surface area (Å²) in [5, 5.41) is 11.6. The minimum atomic E-state index is -0.706. The van der Waals surface area contributed by atoms with Crippen LogP contribution in [0.2, 0.25) is 0 Å². The van der Waals surface area contributed by atoms with Gasteiger partial charge in [0.2, 0.25) is 0 Å². The molecular weight excluding hydrogens is 361 g/mol. The van der Waals surface area contributed by atoms with E-state index >= 15 is 0 Å². The predicted octanol–water partition coefficient (Wildman–Crippen LogP) is 3.98. The van der Waals surface area contributed by atoms with Gasteiger partial charge >= 0.3 is 0 Å². The minimum Gasteiger partial charge on any atom is -0.343 e. The fraction of sp³-hybridized carbons (Fsp3) is 0.235. The quantitative estimate of drug-likeness (QED) is 0.878. The highest BCUT2D eigenvalue weighted by molar-refractivity contribution is 9.10. The monoisotopic (exact) mass is 375 g/mol. The lowest BCUT2D eigenvalue weighted by Crippen LogP contribution is -2.32. The van der Waals surface area contributed by atoms with Crippen molar-refractivity contribution in [2.45, 2.75) is 19.9 Å². The molecule has 0 aliphatic rings. The van der Waals surface area contributed by atoms with Gasteiger partial charge in [0.05, 0.1) is 17.3 Å². The Balaban J connectivity index is 2.23. The first-order chi connectivity index (χ1) is 10.9. The number of benzene rings is 1. The lowest BCUT2D eigenvalue weighted by Gasteiger charge is -2.22. The van der Waals surface area contributed by atoms with E-state index in [0.717, 1.165) is 16.2 Å². The molecule has 0 saturated heterocycles. The molecule has 1 atom stereocenters. The molecule has 1 N–H and O–H groups in total. The Morgan fingerprint density at radius 2 is 2.09 bits per heavy atom. The van der Waals surface area contributed by atoms with Crippen LogP contribution < -0.4 is 5.32 Å². The van der Waals surface area contributed by atoms with Crippen LogP contribution in [0, 0.1) is 23.1 Å². The van der Waals surface area contributed by atoms with Gasteiger partial charge in [-0.1, -0.05) is 13.8 Å². The van der Waals surface area contributed by atoms with E-state index in [1.165, 1.54) is 12.1 Å². The largest absolute Gasteiger partial charge is 0.343 e. The first kappa shape index (κ1) is 17.1. The van der Waals surface area contributed by atoms with Crippen molar-refractivity contribution in [3.8, 4) is 6.07 Å². The fourth-order valence-electron chi connectivity index (χ4n) is 2.12. The molecule has 118 valence electrons. The average molecular weight is 376 g/mol. The van der Waals surface area contributed by atoms with Gasteiger partial charge in [0.1, 0.15) is 11.9 Å². The average Bonchev–Trinajstić information content (AvgIpc) is 2.53. The van der Waals surface area contributed by atoms with Crippen molar-refractivity contribution >= 4 is 21.8 Å². The summed E-state index contributed by atoms with van der Waals surface area (Å²) in [6.45, 7) is 3.93. The topological polar surface area (TPSA) is 65.8 Å². The normalized spacial score (nSPS) is 11.8. The zero-order chi connectivity index (χ0) is 17.0. The molecule has 0 unspecified atom stereocenters. The number of halogens is 2. The van der Waals surface area contributed by atoms with Gasteiger partial charge in [0.15, 0.2) is 0 Å². The first-order valence-electron chi connectivity index (χ1n) is 7.04. The van der Waals surface area contributed by atoms with Crippen molar-refractivity contribution in [3.05, 3.63) is 63.6 Å². The van der Waals surface area contributed by atoms with Crippen molar-refractivity contribution < 1.29 is 9.18 Å². The van der Waals surface area contributed by atoms with E-state index < -0.39 is 11.7 Å². The summed E-state index contributed by atoms with van der Waals surface area (Å²) < 4.78 is 14.5. The van der Waals surface area contributed by atoms with Crippen LogP contribution in [0.1, 0.15) is 41.5 Å². The number of hydrogen-bond acceptors (Lipinski definition) is 3. The van der Waals surface area contributed by atoms with Crippen molar-refractivity contribution in [2.24, 2.45) is 5.92 Å². The summed E-state index contributed by atoms with van der Waals surface area (Å²) in [7, 11) is 0. The molecule has 0 aliphatic carbocycles.